The van der Waals surface area contributed by atoms with Crippen LogP contribution in [0.2, 0.25) is 0 Å². The molecule has 1 saturated carbocycles. The average molecular weight is 765 g/mol. The van der Waals surface area contributed by atoms with Crippen molar-refractivity contribution in [3.05, 3.63) is 97.6 Å². The van der Waals surface area contributed by atoms with Crippen LogP contribution in [0, 0.1) is 12.7 Å². The predicted molar refractivity (Wildman–Crippen MR) is 204 cm³/mol. The number of rotatable bonds is 12. The fourth-order valence-electron chi connectivity index (χ4n) is 8.73. The number of carbonyl (C=O) groups excluding carboxylic acids is 4. The lowest BCUT2D eigenvalue weighted by atomic mass is 9.77. The van der Waals surface area contributed by atoms with Crippen molar-refractivity contribution in [2.24, 2.45) is 0 Å². The second-order valence-corrected chi connectivity index (χ2v) is 15.2. The van der Waals surface area contributed by atoms with E-state index in [2.05, 4.69) is 21.3 Å². The van der Waals surface area contributed by atoms with Gasteiger partial charge in [-0.2, -0.15) is 0 Å². The molecule has 3 amide bonds. The van der Waals surface area contributed by atoms with Crippen molar-refractivity contribution in [1.29, 1.82) is 0 Å². The van der Waals surface area contributed by atoms with Crippen LogP contribution in [0.4, 0.5) is 4.39 Å². The van der Waals surface area contributed by atoms with Gasteiger partial charge in [0.15, 0.2) is 0 Å². The molecule has 2 aromatic carbocycles. The molecule has 2 aliphatic carbocycles. The number of carbonyl (C=O) groups is 4. The van der Waals surface area contributed by atoms with Crippen molar-refractivity contribution in [3.63, 3.8) is 0 Å². The summed E-state index contributed by atoms with van der Waals surface area (Å²) in [6.45, 7) is 3.24. The van der Waals surface area contributed by atoms with Gasteiger partial charge in [-0.3, -0.25) is 24.0 Å². The SMILES string of the molecule is CCC1C(=O)OCc2c1cc1n(c2=O)Cc2c-1nc1cc(F)c(C)c3c1c2C(NC(=O)C1(OCNC(=O)CNC(=O)C(Cc2ccccc2)NC)CCC1)CC3. The largest absolute Gasteiger partial charge is 0.460 e. The first-order valence-corrected chi connectivity index (χ1v) is 19.3. The number of hydrogen-bond donors (Lipinski definition) is 4. The Morgan fingerprint density at radius 1 is 1.09 bits per heavy atom. The van der Waals surface area contributed by atoms with Gasteiger partial charge in [0.25, 0.3) is 11.5 Å². The Hall–Kier alpha value is -5.47. The third-order valence-corrected chi connectivity index (χ3v) is 12.1. The summed E-state index contributed by atoms with van der Waals surface area (Å²) in [6.07, 6.45) is 3.60. The number of esters is 1. The van der Waals surface area contributed by atoms with Gasteiger partial charge in [-0.05, 0) is 92.8 Å². The summed E-state index contributed by atoms with van der Waals surface area (Å²) in [5.41, 5.74) is 5.09. The number of likely N-dealkylation sites (N-methyl/N-ethyl adjacent to an activating group) is 1. The van der Waals surface area contributed by atoms with Crippen LogP contribution in [-0.4, -0.2) is 65.2 Å². The normalized spacial score (nSPS) is 19.2. The number of pyridine rings is 2. The average Bonchev–Trinajstić information content (AvgIpc) is 3.55. The van der Waals surface area contributed by atoms with Crippen molar-refractivity contribution >= 4 is 34.6 Å². The van der Waals surface area contributed by atoms with E-state index in [1.807, 2.05) is 43.3 Å². The number of amides is 3. The molecule has 56 heavy (non-hydrogen) atoms. The second kappa shape index (κ2) is 14.9. The molecule has 0 radical (unpaired) electrons. The zero-order chi connectivity index (χ0) is 39.3. The van der Waals surface area contributed by atoms with Crippen LogP contribution in [0.3, 0.4) is 0 Å². The summed E-state index contributed by atoms with van der Waals surface area (Å²) in [5, 5.41) is 12.3. The number of ether oxygens (including phenoxy) is 2. The van der Waals surface area contributed by atoms with E-state index < -0.39 is 29.5 Å². The Labute approximate surface area is 322 Å². The van der Waals surface area contributed by atoms with Crippen LogP contribution in [0.25, 0.3) is 22.3 Å². The summed E-state index contributed by atoms with van der Waals surface area (Å²) < 4.78 is 28.5. The van der Waals surface area contributed by atoms with E-state index >= 15 is 4.39 Å². The lowest BCUT2D eigenvalue weighted by molar-refractivity contribution is -0.164. The molecule has 0 bridgehead atoms. The standard InChI is InChI=1S/C42H45FN6O7/c1-4-24-26-16-33-37-27(19-49(33)39(52)28(26)20-55-40(24)53)36-30(12-11-25-22(2)29(43)17-31(47-37)35(25)36)48-41(54)42(13-8-14-42)56-21-46-34(50)18-45-38(51)32(44-3)15-23-9-6-5-7-10-23/h5-7,9-10,16-17,24,30,32,44H,4,8,11-15,18-21H2,1-3H3,(H,45,51)(H,46,50)(H,48,54). The van der Waals surface area contributed by atoms with Gasteiger partial charge in [0.1, 0.15) is 24.8 Å². The molecule has 4 N–H and O–H groups in total. The molecule has 8 rings (SSSR count). The number of hydrogen-bond acceptors (Lipinski definition) is 9. The first-order chi connectivity index (χ1) is 27.0. The molecule has 4 heterocycles. The third-order valence-electron chi connectivity index (χ3n) is 12.1. The van der Waals surface area contributed by atoms with Gasteiger partial charge in [0, 0.05) is 17.0 Å². The van der Waals surface area contributed by atoms with Gasteiger partial charge in [-0.25, -0.2) is 9.37 Å². The fraction of sp³-hybridized carbons (Fsp3) is 0.429. The van der Waals surface area contributed by atoms with E-state index in [9.17, 15) is 24.0 Å². The Kier molecular flexibility index (Phi) is 9.95. The minimum Gasteiger partial charge on any atom is -0.460 e. The molecule has 14 heteroatoms. The Morgan fingerprint density at radius 3 is 2.59 bits per heavy atom. The van der Waals surface area contributed by atoms with E-state index in [0.29, 0.717) is 72.1 Å². The highest BCUT2D eigenvalue weighted by Crippen LogP contribution is 2.46. The first-order valence-electron chi connectivity index (χ1n) is 19.3. The molecule has 4 aromatic rings. The number of aromatic nitrogens is 2. The van der Waals surface area contributed by atoms with E-state index in [0.717, 1.165) is 34.1 Å². The van der Waals surface area contributed by atoms with Crippen LogP contribution < -0.4 is 26.8 Å². The van der Waals surface area contributed by atoms with Crippen molar-refractivity contribution in [2.45, 2.75) is 95.5 Å². The van der Waals surface area contributed by atoms with E-state index in [1.54, 1.807) is 18.5 Å². The highest BCUT2D eigenvalue weighted by Gasteiger charge is 2.47. The maximum Gasteiger partial charge on any atom is 0.313 e. The summed E-state index contributed by atoms with van der Waals surface area (Å²) in [5.74, 6) is -2.41. The minimum absolute atomic E-state index is 0.0989. The van der Waals surface area contributed by atoms with Crippen LogP contribution in [0.15, 0.2) is 47.3 Å². The lowest BCUT2D eigenvalue weighted by Gasteiger charge is -2.41. The van der Waals surface area contributed by atoms with Gasteiger partial charge in [-0.15, -0.1) is 0 Å². The highest BCUT2D eigenvalue weighted by atomic mass is 19.1. The fourth-order valence-corrected chi connectivity index (χ4v) is 8.73. The second-order valence-electron chi connectivity index (χ2n) is 15.2. The van der Waals surface area contributed by atoms with Gasteiger partial charge >= 0.3 is 5.97 Å². The Bertz CT molecular complexity index is 2340. The third kappa shape index (κ3) is 6.43. The maximum absolute atomic E-state index is 15.4. The summed E-state index contributed by atoms with van der Waals surface area (Å²) in [6, 6.07) is 11.8. The van der Waals surface area contributed by atoms with Crippen LogP contribution in [0.5, 0.6) is 0 Å². The smallest absolute Gasteiger partial charge is 0.313 e. The van der Waals surface area contributed by atoms with Gasteiger partial charge in [0.2, 0.25) is 11.8 Å². The van der Waals surface area contributed by atoms with Crippen molar-refractivity contribution in [3.8, 4) is 11.4 Å². The van der Waals surface area contributed by atoms with Gasteiger partial charge < -0.3 is 35.3 Å². The molecule has 2 aliphatic heterocycles. The first kappa shape index (κ1) is 37.5. The topological polar surface area (TPSA) is 170 Å². The van der Waals surface area contributed by atoms with E-state index in [1.165, 1.54) is 6.07 Å². The van der Waals surface area contributed by atoms with Crippen molar-refractivity contribution in [1.82, 2.24) is 30.8 Å². The van der Waals surface area contributed by atoms with Crippen LogP contribution >= 0.6 is 0 Å². The number of fused-ring (bicyclic) bond motifs is 5. The molecule has 0 spiro atoms. The summed E-state index contributed by atoms with van der Waals surface area (Å²) >= 11 is 0. The van der Waals surface area contributed by atoms with Crippen LogP contribution in [0.1, 0.15) is 89.9 Å². The highest BCUT2D eigenvalue weighted by molar-refractivity contribution is 5.94. The number of nitrogens with zero attached hydrogens (tertiary/aromatic N) is 2. The number of halogens is 1. The molecule has 1 fully saturated rings. The number of nitrogens with one attached hydrogen (secondary N) is 4. The lowest BCUT2D eigenvalue weighted by Crippen LogP contribution is -2.56. The van der Waals surface area contributed by atoms with E-state index in [4.69, 9.17) is 14.5 Å². The van der Waals surface area contributed by atoms with Gasteiger partial charge in [-0.1, -0.05) is 37.3 Å². The Morgan fingerprint density at radius 2 is 1.88 bits per heavy atom. The monoisotopic (exact) mass is 764 g/mol. The van der Waals surface area contributed by atoms with E-state index in [-0.39, 0.29) is 55.6 Å². The number of cyclic esters (lactones) is 1. The molecule has 3 unspecified atom stereocenters. The molecule has 0 saturated heterocycles. The zero-order valence-electron chi connectivity index (χ0n) is 31.7. The molecule has 4 aliphatic rings. The number of benzene rings is 2. The molecule has 2 aromatic heterocycles. The Balaban J connectivity index is 1.00. The molecule has 13 nitrogen and oxygen atoms in total. The van der Waals surface area contributed by atoms with Crippen molar-refractivity contribution < 1.29 is 33.0 Å². The minimum atomic E-state index is -1.17. The van der Waals surface area contributed by atoms with Gasteiger partial charge in [0.05, 0.1) is 53.6 Å². The van der Waals surface area contributed by atoms with Crippen molar-refractivity contribution in [2.75, 3.05) is 20.3 Å². The predicted octanol–water partition coefficient (Wildman–Crippen LogP) is 3.49. The molecular formula is C42H45FN6O7. The zero-order valence-corrected chi connectivity index (χ0v) is 31.7. The quantitative estimate of drug-likeness (QED) is 0.110. The number of aryl methyl sites for hydroxylation is 1. The van der Waals surface area contributed by atoms with Crippen LogP contribution in [-0.2, 0) is 54.6 Å². The summed E-state index contributed by atoms with van der Waals surface area (Å²) in [7, 11) is 1.69. The molecule has 3 atom stereocenters. The molecule has 292 valence electrons. The summed E-state index contributed by atoms with van der Waals surface area (Å²) in [4.78, 5) is 71.2. The maximum atomic E-state index is 15.4. The molecular weight excluding hydrogens is 719 g/mol.